The number of aliphatic imine (C=N–C) groups is 1. The molecule has 2 aliphatic heterocycles. The number of nitrogens with zero attached hydrogens (tertiary/aromatic N) is 2. The summed E-state index contributed by atoms with van der Waals surface area (Å²) in [7, 11) is 0. The minimum atomic E-state index is -1.33. The predicted molar refractivity (Wildman–Crippen MR) is 139 cm³/mol. The Morgan fingerprint density at radius 3 is 2.56 bits per heavy atom. The molecule has 2 heterocycles. The van der Waals surface area contributed by atoms with E-state index in [1.54, 1.807) is 18.2 Å². The number of fused-ring (bicyclic) bond motifs is 1. The Balaban J connectivity index is 1.58. The molecule has 36 heavy (non-hydrogen) atoms. The third-order valence-electron chi connectivity index (χ3n) is 6.39. The Hall–Kier alpha value is -3.49. The monoisotopic (exact) mass is 548 g/mol. The van der Waals surface area contributed by atoms with Gasteiger partial charge in [-0.25, -0.2) is 9.89 Å². The maximum atomic E-state index is 14.1. The van der Waals surface area contributed by atoms with E-state index in [1.165, 1.54) is 11.8 Å². The number of hydrogen-bond donors (Lipinski definition) is 1. The number of halogens is 1. The van der Waals surface area contributed by atoms with Gasteiger partial charge in [0.25, 0.3) is 5.91 Å². The van der Waals surface area contributed by atoms with Gasteiger partial charge in [-0.05, 0) is 53.6 Å². The van der Waals surface area contributed by atoms with E-state index in [4.69, 9.17) is 19.6 Å². The highest BCUT2D eigenvalue weighted by atomic mass is 79.9. The average Bonchev–Trinajstić information content (AvgIpc) is 3.25. The van der Waals surface area contributed by atoms with Gasteiger partial charge < -0.3 is 14.6 Å². The standard InChI is InChI=1S/C28H25BrN2O5/c1-18(33)31-24-6-3-2-5-21(24)17-28(27(31)34)25(19-7-11-22(29)12-8-19)36-26(30-28)20-9-13-23(14-10-20)35-16-4-15-32/h2-3,5-14,25,32H,4,15-17H2,1H3/t25-,28-/m0/s1. The minimum absolute atomic E-state index is 0.0662. The Kier molecular flexibility index (Phi) is 6.64. The van der Waals surface area contributed by atoms with Gasteiger partial charge in [-0.1, -0.05) is 46.3 Å². The highest BCUT2D eigenvalue weighted by molar-refractivity contribution is 9.10. The number of carbonyl (C=O) groups excluding carboxylic acids is 2. The third-order valence-corrected chi connectivity index (χ3v) is 6.92. The first kappa shape index (κ1) is 24.2. The second-order valence-electron chi connectivity index (χ2n) is 8.81. The summed E-state index contributed by atoms with van der Waals surface area (Å²) in [6.45, 7) is 1.87. The van der Waals surface area contributed by atoms with Crippen molar-refractivity contribution in [3.8, 4) is 5.75 Å². The molecular formula is C28H25BrN2O5. The van der Waals surface area contributed by atoms with Crippen molar-refractivity contribution in [2.75, 3.05) is 18.1 Å². The van der Waals surface area contributed by atoms with Crippen molar-refractivity contribution in [1.82, 2.24) is 0 Å². The van der Waals surface area contributed by atoms with E-state index in [2.05, 4.69) is 15.9 Å². The first-order valence-corrected chi connectivity index (χ1v) is 12.5. The lowest BCUT2D eigenvalue weighted by atomic mass is 9.78. The number of ether oxygens (including phenoxy) is 2. The molecule has 184 valence electrons. The number of aliphatic hydroxyl groups is 1. The molecule has 0 radical (unpaired) electrons. The van der Waals surface area contributed by atoms with E-state index in [-0.39, 0.29) is 12.5 Å². The minimum Gasteiger partial charge on any atom is -0.494 e. The molecule has 0 unspecified atom stereocenters. The molecule has 2 atom stereocenters. The van der Waals surface area contributed by atoms with Crippen molar-refractivity contribution in [2.24, 2.45) is 4.99 Å². The molecule has 3 aromatic rings. The van der Waals surface area contributed by atoms with Crippen LogP contribution < -0.4 is 9.64 Å². The zero-order chi connectivity index (χ0) is 25.3. The Morgan fingerprint density at radius 1 is 1.14 bits per heavy atom. The predicted octanol–water partition coefficient (Wildman–Crippen LogP) is 4.60. The molecule has 1 spiro atoms. The Bertz CT molecular complexity index is 1320. The van der Waals surface area contributed by atoms with Crippen molar-refractivity contribution in [2.45, 2.75) is 31.4 Å². The van der Waals surface area contributed by atoms with Crippen molar-refractivity contribution in [1.29, 1.82) is 0 Å². The normalized spacial score (nSPS) is 20.6. The van der Waals surface area contributed by atoms with Crippen molar-refractivity contribution in [3.05, 3.63) is 94.0 Å². The number of benzene rings is 3. The first-order chi connectivity index (χ1) is 17.4. The summed E-state index contributed by atoms with van der Waals surface area (Å²) in [4.78, 5) is 32.9. The van der Waals surface area contributed by atoms with Crippen LogP contribution >= 0.6 is 15.9 Å². The van der Waals surface area contributed by atoms with Crippen LogP contribution in [0.1, 0.15) is 36.1 Å². The summed E-state index contributed by atoms with van der Waals surface area (Å²) in [6, 6.07) is 22.3. The van der Waals surface area contributed by atoms with Gasteiger partial charge in [0.15, 0.2) is 11.6 Å². The van der Waals surface area contributed by atoms with Crippen LogP contribution in [0.3, 0.4) is 0 Å². The molecule has 2 aliphatic rings. The van der Waals surface area contributed by atoms with Gasteiger partial charge in [0.1, 0.15) is 5.75 Å². The summed E-state index contributed by atoms with van der Waals surface area (Å²) >= 11 is 3.47. The largest absolute Gasteiger partial charge is 0.494 e. The molecular weight excluding hydrogens is 524 g/mol. The highest BCUT2D eigenvalue weighted by Crippen LogP contribution is 2.47. The molecule has 2 amide bonds. The first-order valence-electron chi connectivity index (χ1n) is 11.7. The van der Waals surface area contributed by atoms with Crippen LogP contribution in [0.15, 0.2) is 82.3 Å². The van der Waals surface area contributed by atoms with E-state index in [0.717, 1.165) is 15.6 Å². The lowest BCUT2D eigenvalue weighted by Gasteiger charge is -2.39. The quantitative estimate of drug-likeness (QED) is 0.454. The van der Waals surface area contributed by atoms with E-state index in [9.17, 15) is 9.59 Å². The van der Waals surface area contributed by atoms with Crippen LogP contribution in [0.2, 0.25) is 0 Å². The highest BCUT2D eigenvalue weighted by Gasteiger charge is 2.58. The molecule has 0 saturated carbocycles. The maximum Gasteiger partial charge on any atom is 0.266 e. The fourth-order valence-corrected chi connectivity index (χ4v) is 4.95. The number of aliphatic hydroxyl groups excluding tert-OH is 1. The van der Waals surface area contributed by atoms with Crippen LogP contribution in [0.25, 0.3) is 0 Å². The van der Waals surface area contributed by atoms with Crippen LogP contribution in [-0.4, -0.2) is 41.6 Å². The fraction of sp³-hybridized carbons (Fsp3) is 0.250. The van der Waals surface area contributed by atoms with E-state index < -0.39 is 17.6 Å². The van der Waals surface area contributed by atoms with Gasteiger partial charge >= 0.3 is 0 Å². The number of carbonyl (C=O) groups is 2. The number of amides is 2. The van der Waals surface area contributed by atoms with Gasteiger partial charge in [-0.15, -0.1) is 0 Å². The molecule has 5 rings (SSSR count). The lowest BCUT2D eigenvalue weighted by molar-refractivity contribution is -0.131. The second kappa shape index (κ2) is 9.87. The molecule has 0 saturated heterocycles. The number of hydrogen-bond acceptors (Lipinski definition) is 6. The molecule has 0 bridgehead atoms. The average molecular weight is 549 g/mol. The number of rotatable bonds is 6. The van der Waals surface area contributed by atoms with Gasteiger partial charge in [-0.2, -0.15) is 0 Å². The van der Waals surface area contributed by atoms with Gasteiger partial charge in [0.05, 0.1) is 12.3 Å². The Labute approximate surface area is 217 Å². The molecule has 8 heteroatoms. The lowest BCUT2D eigenvalue weighted by Crippen LogP contribution is -2.56. The van der Waals surface area contributed by atoms with Crippen molar-refractivity contribution < 1.29 is 24.2 Å². The summed E-state index contributed by atoms with van der Waals surface area (Å²) in [5.74, 6) is 0.228. The van der Waals surface area contributed by atoms with Crippen molar-refractivity contribution in [3.63, 3.8) is 0 Å². The molecule has 7 nitrogen and oxygen atoms in total. The van der Waals surface area contributed by atoms with Crippen LogP contribution in [0, 0.1) is 0 Å². The smallest absolute Gasteiger partial charge is 0.266 e. The van der Waals surface area contributed by atoms with Crippen LogP contribution in [0.4, 0.5) is 5.69 Å². The van der Waals surface area contributed by atoms with Crippen molar-refractivity contribution >= 4 is 39.3 Å². The summed E-state index contributed by atoms with van der Waals surface area (Å²) < 4.78 is 13.0. The third kappa shape index (κ3) is 4.31. The fourth-order valence-electron chi connectivity index (χ4n) is 4.69. The topological polar surface area (TPSA) is 88.4 Å². The maximum absolute atomic E-state index is 14.1. The number of anilines is 1. The zero-order valence-electron chi connectivity index (χ0n) is 19.7. The summed E-state index contributed by atoms with van der Waals surface area (Å²) in [5, 5.41) is 8.96. The van der Waals surface area contributed by atoms with Crippen LogP contribution in [-0.2, 0) is 20.7 Å². The van der Waals surface area contributed by atoms with Crippen LogP contribution in [0.5, 0.6) is 5.75 Å². The summed E-state index contributed by atoms with van der Waals surface area (Å²) in [5.41, 5.74) is 1.60. The molecule has 3 aromatic carbocycles. The summed E-state index contributed by atoms with van der Waals surface area (Å²) in [6.07, 6.45) is 0.132. The van der Waals surface area contributed by atoms with E-state index >= 15 is 0 Å². The number of para-hydroxylation sites is 1. The molecule has 0 aliphatic carbocycles. The molecule has 0 aromatic heterocycles. The van der Waals surface area contributed by atoms with E-state index in [0.29, 0.717) is 42.3 Å². The SMILES string of the molecule is CC(=O)N1C(=O)[C@@]2(Cc3ccccc31)N=C(c1ccc(OCCCO)cc1)O[C@H]2c1ccc(Br)cc1. The molecule has 0 fully saturated rings. The van der Waals surface area contributed by atoms with Gasteiger partial charge in [0.2, 0.25) is 11.8 Å². The Morgan fingerprint density at radius 2 is 1.86 bits per heavy atom. The zero-order valence-corrected chi connectivity index (χ0v) is 21.3. The van der Waals surface area contributed by atoms with E-state index in [1.807, 2.05) is 54.6 Å². The second-order valence-corrected chi connectivity index (χ2v) is 9.72. The molecule has 1 N–H and O–H groups in total. The van der Waals surface area contributed by atoms with Gasteiger partial charge in [-0.3, -0.25) is 9.59 Å². The van der Waals surface area contributed by atoms with Gasteiger partial charge in [0, 0.05) is 36.4 Å². The number of imide groups is 1.